The van der Waals surface area contributed by atoms with Crippen LogP contribution in [0.25, 0.3) is 0 Å². The molecule has 13 unspecified atom stereocenters. The summed E-state index contributed by atoms with van der Waals surface area (Å²) in [4.78, 5) is 5.20. The number of hydrogen-bond donors (Lipinski definition) is 6. The largest absolute Gasteiger partial charge is 1.00 e. The number of hydrogen-bond acceptors (Lipinski definition) is 10. The Kier molecular flexibility index (Phi) is 16.9. The van der Waals surface area contributed by atoms with E-state index in [2.05, 4.69) is 84.8 Å². The minimum atomic E-state index is -4.94. The van der Waals surface area contributed by atoms with E-state index in [0.717, 1.165) is 72.2 Å². The Morgan fingerprint density at radius 2 is 1.68 bits per heavy atom. The molecule has 14 heteroatoms. The summed E-state index contributed by atoms with van der Waals surface area (Å²) in [6.07, 6.45) is 13.6. The number of aliphatic hydroxyl groups is 2. The first-order valence-corrected chi connectivity index (χ1v) is 32.4. The zero-order valence-electron chi connectivity index (χ0n) is 48.9. The van der Waals surface area contributed by atoms with Crippen LogP contribution in [-0.2, 0) is 45.4 Å². The van der Waals surface area contributed by atoms with Gasteiger partial charge in [0.1, 0.15) is 17.6 Å². The van der Waals surface area contributed by atoms with E-state index in [4.69, 9.17) is 25.9 Å². The maximum atomic E-state index is 14.4. The summed E-state index contributed by atoms with van der Waals surface area (Å²) in [6.45, 7) is 3.98. The first kappa shape index (κ1) is 59.4. The van der Waals surface area contributed by atoms with Crippen molar-refractivity contribution in [2.45, 2.75) is 175 Å². The molecule has 84 heavy (non-hydrogen) atoms. The van der Waals surface area contributed by atoms with Gasteiger partial charge in [0.2, 0.25) is 5.72 Å². The molecule has 10 aliphatic rings. The summed E-state index contributed by atoms with van der Waals surface area (Å²) in [5.74, 6) is 5.05. The van der Waals surface area contributed by atoms with Crippen LogP contribution < -0.4 is 51.1 Å². The van der Waals surface area contributed by atoms with Crippen LogP contribution in [0, 0.1) is 41.4 Å². The zero-order chi connectivity index (χ0) is 57.3. The van der Waals surface area contributed by atoms with E-state index in [1.807, 2.05) is 42.5 Å². The molecule has 15 rings (SSSR count). The van der Waals surface area contributed by atoms with Gasteiger partial charge in [0.25, 0.3) is 0 Å². The molecule has 10 bridgehead atoms. The van der Waals surface area contributed by atoms with E-state index >= 15 is 0 Å². The Bertz CT molecular complexity index is 3480. The van der Waals surface area contributed by atoms with Gasteiger partial charge in [0, 0.05) is 54.6 Å². The van der Waals surface area contributed by atoms with Gasteiger partial charge in [-0.2, -0.15) is 0 Å². The molecule has 0 radical (unpaired) electrons. The Hall–Kier alpha value is -4.98. The Morgan fingerprint density at radius 1 is 0.893 bits per heavy atom. The number of ether oxygens (including phenoxy) is 2. The van der Waals surface area contributed by atoms with Gasteiger partial charge in [-0.1, -0.05) is 123 Å². The number of nitrogens with two attached hydrogens (primary N) is 2. The summed E-state index contributed by atoms with van der Waals surface area (Å²) < 4.78 is 57.8. The van der Waals surface area contributed by atoms with E-state index in [1.165, 1.54) is 42.4 Å². The third-order valence-electron chi connectivity index (χ3n) is 21.4. The van der Waals surface area contributed by atoms with Crippen molar-refractivity contribution in [2.24, 2.45) is 46.0 Å². The van der Waals surface area contributed by atoms with E-state index in [1.54, 1.807) is 12.1 Å². The van der Waals surface area contributed by atoms with Gasteiger partial charge in [-0.05, 0) is 200 Å². The molecule has 8 N–H and O–H groups in total. The SMILES string of the molecule is CC1CCc2cc3ccc2C1CC(S(=O)(=O)[O-])C1C=C2CC(CC4CC(CO)CC#Cc5cc(O)ccc5C2O4)C1c1ccc(cc1)C(CC(Cc1ccccc1)C1(O)CCCC(c2ccc4c(c2)CNCC42CCCC2)C1)(N=C(N)N)O3.[Na+]. The van der Waals surface area contributed by atoms with Crippen molar-refractivity contribution in [3.8, 4) is 23.3 Å². The quantitative estimate of drug-likeness (QED) is 0.0207. The summed E-state index contributed by atoms with van der Waals surface area (Å²) >= 11 is 0. The van der Waals surface area contributed by atoms with E-state index < -0.39 is 50.6 Å². The molecule has 0 aromatic heterocycles. The van der Waals surface area contributed by atoms with Crippen LogP contribution in [0.2, 0.25) is 0 Å². The molecular weight excluding hydrogens is 1080 g/mol. The molecule has 436 valence electrons. The van der Waals surface area contributed by atoms with Crippen molar-refractivity contribution in [3.63, 3.8) is 0 Å². The number of aliphatic hydroxyl groups excluding tert-OH is 1. The number of phenols is 1. The van der Waals surface area contributed by atoms with E-state index in [-0.39, 0.29) is 102 Å². The number of allylic oxidation sites excluding steroid dienone is 1. The molecule has 1 spiro atoms. The van der Waals surface area contributed by atoms with Crippen LogP contribution in [0.5, 0.6) is 11.5 Å². The van der Waals surface area contributed by atoms with Gasteiger partial charge < -0.3 is 46.1 Å². The van der Waals surface area contributed by atoms with Crippen molar-refractivity contribution in [1.82, 2.24) is 5.32 Å². The number of benzene rings is 5. The number of aromatic hydroxyl groups is 1. The van der Waals surface area contributed by atoms with Gasteiger partial charge in [-0.15, -0.1) is 0 Å². The Morgan fingerprint density at radius 3 is 2.45 bits per heavy atom. The number of aryl methyl sites for hydroxylation is 1. The number of nitrogens with zero attached hydrogens (tertiary/aromatic N) is 1. The molecule has 0 amide bonds. The first-order chi connectivity index (χ1) is 40.1. The molecule has 2 saturated carbocycles. The van der Waals surface area contributed by atoms with Crippen molar-refractivity contribution >= 4 is 16.1 Å². The number of phenolic OH excluding ortho intramolecular Hbond substituents is 1. The van der Waals surface area contributed by atoms with Gasteiger partial charge >= 0.3 is 29.6 Å². The fourth-order valence-corrected chi connectivity index (χ4v) is 18.5. The Labute approximate surface area is 518 Å². The number of rotatable bonds is 9. The van der Waals surface area contributed by atoms with Crippen LogP contribution in [0.4, 0.5) is 0 Å². The minimum absolute atomic E-state index is 0. The molecule has 5 aromatic carbocycles. The molecular formula is C70H81N4NaO8S. The number of nitrogens with one attached hydrogen (secondary N) is 1. The maximum Gasteiger partial charge on any atom is 1.00 e. The fourth-order valence-electron chi connectivity index (χ4n) is 17.4. The summed E-state index contributed by atoms with van der Waals surface area (Å²) in [5, 5.41) is 37.7. The molecule has 3 fully saturated rings. The maximum absolute atomic E-state index is 14.4. The van der Waals surface area contributed by atoms with Crippen molar-refractivity contribution in [2.75, 3.05) is 13.2 Å². The average Bonchev–Trinajstić information content (AvgIpc) is 3.02. The third-order valence-corrected chi connectivity index (χ3v) is 22.7. The second-order valence-electron chi connectivity index (χ2n) is 26.5. The smallest absolute Gasteiger partial charge is 0.748 e. The first-order valence-electron chi connectivity index (χ1n) is 30.9. The average molecular weight is 1160 g/mol. The molecule has 5 aromatic rings. The normalized spacial score (nSPS) is 31.5. The summed E-state index contributed by atoms with van der Waals surface area (Å²) in [6, 6.07) is 36.9. The monoisotopic (exact) mass is 1160 g/mol. The van der Waals surface area contributed by atoms with Crippen LogP contribution >= 0.6 is 0 Å². The molecule has 6 aliphatic heterocycles. The van der Waals surface area contributed by atoms with Gasteiger partial charge in [-0.25, -0.2) is 13.4 Å². The molecule has 1 saturated heterocycles. The van der Waals surface area contributed by atoms with Gasteiger partial charge in [-0.3, -0.25) is 0 Å². The van der Waals surface area contributed by atoms with Crippen LogP contribution in [0.1, 0.15) is 183 Å². The fraction of sp³-hybridized carbons (Fsp3) is 0.500. The van der Waals surface area contributed by atoms with Crippen LogP contribution in [0.3, 0.4) is 0 Å². The van der Waals surface area contributed by atoms with Gasteiger partial charge in [0.15, 0.2) is 5.96 Å². The number of fused-ring (bicyclic) bond motifs is 11. The number of aliphatic imine (C=N–C) groups is 1. The van der Waals surface area contributed by atoms with Gasteiger partial charge in [0.05, 0.1) is 27.1 Å². The van der Waals surface area contributed by atoms with Crippen LogP contribution in [-0.4, -0.2) is 64.4 Å². The third kappa shape index (κ3) is 11.6. The second kappa shape index (κ2) is 23.9. The number of guanidine groups is 1. The molecule has 12 nitrogen and oxygen atoms in total. The summed E-state index contributed by atoms with van der Waals surface area (Å²) in [5.41, 5.74) is 21.9. The molecule has 4 aliphatic carbocycles. The van der Waals surface area contributed by atoms with Crippen molar-refractivity contribution in [3.05, 3.63) is 176 Å². The second-order valence-corrected chi connectivity index (χ2v) is 28.1. The Balaban J connectivity index is 0.00000694. The zero-order valence-corrected chi connectivity index (χ0v) is 51.7. The summed E-state index contributed by atoms with van der Waals surface area (Å²) in [7, 11) is -4.94. The van der Waals surface area contributed by atoms with E-state index in [0.29, 0.717) is 61.8 Å². The standard InChI is InChI=1S/C70H82N4O8S.Na/c1-43-14-15-49-34-57-22-24-59(49)61(43)37-64(83(78,79)80)62-36-52-32-51(35-58-30-45(41-75)11-7-12-48-33-56(76)21-23-60(48)66(52)81-58)65(62)46-16-19-54(20-17-46)70(82-57,74-67(71)72)39-55(29-44-9-3-2-4-10-44)69(77)28-8-13-50(38-69)47-18-25-63-53(31-47)40-73-42-68(63)26-5-6-27-68;/h2-4,9-10,16-25,31,33-34,36,43,45,50-51,55,58,61-62,64-66,73,75-77H,5-6,8,11,13-15,26-30,32,35,37-42H2,1H3,(H4,71,72,74)(H,78,79,80);/q;+1/p-1. The predicted octanol–water partition coefficient (Wildman–Crippen LogP) is 8.07. The van der Waals surface area contributed by atoms with Crippen molar-refractivity contribution < 1.29 is 67.3 Å². The minimum Gasteiger partial charge on any atom is -0.748 e. The predicted molar refractivity (Wildman–Crippen MR) is 321 cm³/mol. The molecule has 13 atom stereocenters. The van der Waals surface area contributed by atoms with Crippen molar-refractivity contribution in [1.29, 1.82) is 0 Å². The molecule has 6 heterocycles. The van der Waals surface area contributed by atoms with E-state index in [9.17, 15) is 28.3 Å². The van der Waals surface area contributed by atoms with Crippen LogP contribution in [0.15, 0.2) is 126 Å². The topological polar surface area (TPSA) is 213 Å².